The van der Waals surface area contributed by atoms with Gasteiger partial charge in [0.05, 0.1) is 10.6 Å². The third-order valence-corrected chi connectivity index (χ3v) is 6.70. The Morgan fingerprint density at radius 1 is 0.857 bits per heavy atom. The van der Waals surface area contributed by atoms with E-state index in [4.69, 9.17) is 4.74 Å². The Bertz CT molecular complexity index is 1360. The highest BCUT2D eigenvalue weighted by atomic mass is 32.2. The minimum atomic E-state index is -0.326. The van der Waals surface area contributed by atoms with Crippen LogP contribution in [0.4, 0.5) is 11.4 Å². The Balaban J connectivity index is 1.49. The van der Waals surface area contributed by atoms with E-state index in [1.807, 2.05) is 91.0 Å². The van der Waals surface area contributed by atoms with Crippen LogP contribution in [0.3, 0.4) is 0 Å². The van der Waals surface area contributed by atoms with E-state index >= 15 is 0 Å². The first-order valence-corrected chi connectivity index (χ1v) is 11.8. The Hall–Kier alpha value is -4.04. The third-order valence-electron chi connectivity index (χ3n) is 5.45. The van der Waals surface area contributed by atoms with Crippen molar-refractivity contribution in [1.29, 1.82) is 0 Å². The molecule has 0 aliphatic carbocycles. The molecule has 1 atom stereocenters. The van der Waals surface area contributed by atoms with E-state index in [1.54, 1.807) is 17.0 Å². The van der Waals surface area contributed by atoms with Crippen LogP contribution >= 0.6 is 11.8 Å². The van der Waals surface area contributed by atoms with Crippen molar-refractivity contribution < 1.29 is 14.7 Å². The number of para-hydroxylation sites is 1. The maximum absolute atomic E-state index is 13.6. The van der Waals surface area contributed by atoms with Gasteiger partial charge < -0.3 is 15.2 Å². The van der Waals surface area contributed by atoms with Crippen LogP contribution in [0.25, 0.3) is 6.08 Å². The van der Waals surface area contributed by atoms with E-state index in [9.17, 15) is 15.2 Å². The zero-order valence-electron chi connectivity index (χ0n) is 18.5. The Kier molecular flexibility index (Phi) is 6.54. The first kappa shape index (κ1) is 22.7. The van der Waals surface area contributed by atoms with Gasteiger partial charge in [0.1, 0.15) is 16.9 Å². The topological polar surface area (TPSA) is 76.1 Å². The highest BCUT2D eigenvalue weighted by Gasteiger charge is 2.38. The van der Waals surface area contributed by atoms with Gasteiger partial charge in [0.25, 0.3) is 5.91 Å². The highest BCUT2D eigenvalue weighted by molar-refractivity contribution is 8.05. The number of benzene rings is 4. The first-order valence-electron chi connectivity index (χ1n) is 10.9. The molecule has 174 valence electrons. The maximum Gasteiger partial charge on any atom is 0.266 e. The molecule has 1 fully saturated rings. The quantitative estimate of drug-likeness (QED) is 0.236. The van der Waals surface area contributed by atoms with Crippen LogP contribution in [-0.4, -0.2) is 11.1 Å². The maximum atomic E-state index is 13.6. The molecular formula is C28H21N2O4S-. The van der Waals surface area contributed by atoms with Crippen molar-refractivity contribution in [1.82, 2.24) is 0 Å². The summed E-state index contributed by atoms with van der Waals surface area (Å²) in [4.78, 5) is 15.8. The molecule has 6 nitrogen and oxygen atoms in total. The zero-order chi connectivity index (χ0) is 24.2. The number of rotatable bonds is 6. The van der Waals surface area contributed by atoms with Gasteiger partial charge in [-0.1, -0.05) is 78.5 Å². The van der Waals surface area contributed by atoms with Gasteiger partial charge in [0.2, 0.25) is 0 Å². The molecule has 1 aliphatic heterocycles. The van der Waals surface area contributed by atoms with Crippen LogP contribution in [0.5, 0.6) is 11.5 Å². The number of nitrogens with zero attached hydrogens (tertiary/aromatic N) is 2. The van der Waals surface area contributed by atoms with Gasteiger partial charge in [-0.15, -0.1) is 0 Å². The fourth-order valence-corrected chi connectivity index (χ4v) is 5.10. The average molecular weight is 482 g/mol. The first-order chi connectivity index (χ1) is 17.1. The van der Waals surface area contributed by atoms with Crippen molar-refractivity contribution in [2.75, 3.05) is 10.1 Å². The summed E-state index contributed by atoms with van der Waals surface area (Å²) in [5.74, 6) is 1.21. The molecule has 1 unspecified atom stereocenters. The Labute approximate surface area is 207 Å². The van der Waals surface area contributed by atoms with Gasteiger partial charge in [-0.25, -0.2) is 0 Å². The molecule has 35 heavy (non-hydrogen) atoms. The molecule has 7 heteroatoms. The number of hydrogen-bond acceptors (Lipinski definition) is 6. The van der Waals surface area contributed by atoms with Gasteiger partial charge in [-0.05, 0) is 59.7 Å². The second kappa shape index (κ2) is 10.1. The molecule has 4 aromatic rings. The molecule has 0 spiro atoms. The number of anilines is 2. The van der Waals surface area contributed by atoms with E-state index in [2.05, 4.69) is 0 Å². The van der Waals surface area contributed by atoms with Crippen molar-refractivity contribution in [3.05, 3.63) is 130 Å². The lowest BCUT2D eigenvalue weighted by atomic mass is 10.1. The van der Waals surface area contributed by atoms with E-state index in [1.165, 1.54) is 23.9 Å². The van der Waals surface area contributed by atoms with Gasteiger partial charge in [0.15, 0.2) is 0 Å². The van der Waals surface area contributed by atoms with E-state index in [0.29, 0.717) is 16.3 Å². The molecule has 0 aromatic heterocycles. The van der Waals surface area contributed by atoms with Crippen molar-refractivity contribution in [3.8, 4) is 11.5 Å². The van der Waals surface area contributed by atoms with E-state index < -0.39 is 0 Å². The molecular weight excluding hydrogens is 460 g/mol. The second-order valence-electron chi connectivity index (χ2n) is 7.85. The number of carbonyl (C=O) groups is 1. The fourth-order valence-electron chi connectivity index (χ4n) is 3.84. The summed E-state index contributed by atoms with van der Waals surface area (Å²) in [5.41, 5.74) is 2.35. The molecule has 1 heterocycles. The molecule has 1 aliphatic rings. The van der Waals surface area contributed by atoms with Crippen LogP contribution in [0.1, 0.15) is 16.5 Å². The largest absolute Gasteiger partial charge is 0.733 e. The lowest BCUT2D eigenvalue weighted by Gasteiger charge is -2.27. The van der Waals surface area contributed by atoms with E-state index in [-0.39, 0.29) is 22.2 Å². The number of hydrogen-bond donors (Lipinski definition) is 1. The van der Waals surface area contributed by atoms with Crippen LogP contribution in [-0.2, 0) is 4.79 Å². The number of thioether (sulfide) groups is 1. The molecule has 0 saturated carbocycles. The number of carbonyl (C=O) groups excluding carboxylic acids is 1. The molecule has 1 N–H and O–H groups in total. The normalized spacial score (nSPS) is 16.5. The smallest absolute Gasteiger partial charge is 0.266 e. The Morgan fingerprint density at radius 3 is 2.29 bits per heavy atom. The van der Waals surface area contributed by atoms with Gasteiger partial charge in [-0.2, -0.15) is 0 Å². The van der Waals surface area contributed by atoms with E-state index in [0.717, 1.165) is 16.9 Å². The second-order valence-corrected chi connectivity index (χ2v) is 8.97. The van der Waals surface area contributed by atoms with Crippen molar-refractivity contribution in [3.63, 3.8) is 0 Å². The summed E-state index contributed by atoms with van der Waals surface area (Å²) >= 11 is 1.44. The summed E-state index contributed by atoms with van der Waals surface area (Å²) < 4.78 is 5.94. The number of ether oxygens (including phenoxy) is 1. The average Bonchev–Trinajstić information content (AvgIpc) is 3.21. The van der Waals surface area contributed by atoms with Gasteiger partial charge >= 0.3 is 0 Å². The highest BCUT2D eigenvalue weighted by Crippen LogP contribution is 2.48. The summed E-state index contributed by atoms with van der Waals surface area (Å²) in [5, 5.41) is 20.3. The van der Waals surface area contributed by atoms with Gasteiger partial charge in [0, 0.05) is 5.69 Å². The minimum Gasteiger partial charge on any atom is -0.733 e. The lowest BCUT2D eigenvalue weighted by Crippen LogP contribution is -2.27. The van der Waals surface area contributed by atoms with Crippen LogP contribution in [0.15, 0.2) is 114 Å². The SMILES string of the molecule is O=C1/C(=C/c2cccc(Oc3ccccc3)c2)SC(c2ccccc2)N1c1cccc(N([O-])O)c1. The Morgan fingerprint density at radius 2 is 1.54 bits per heavy atom. The van der Waals surface area contributed by atoms with Crippen molar-refractivity contribution in [2.24, 2.45) is 0 Å². The summed E-state index contributed by atoms with van der Waals surface area (Å²) in [6.07, 6.45) is 1.84. The zero-order valence-corrected chi connectivity index (χ0v) is 19.3. The minimum absolute atomic E-state index is 0.0512. The van der Waals surface area contributed by atoms with Crippen molar-refractivity contribution >= 4 is 35.1 Å². The molecule has 4 aromatic carbocycles. The molecule has 0 bridgehead atoms. The molecule has 5 rings (SSSR count). The third kappa shape index (κ3) is 5.07. The summed E-state index contributed by atoms with van der Waals surface area (Å²) in [7, 11) is 0. The van der Waals surface area contributed by atoms with Crippen LogP contribution in [0.2, 0.25) is 0 Å². The summed E-state index contributed by atoms with van der Waals surface area (Å²) in [6.45, 7) is 0. The lowest BCUT2D eigenvalue weighted by molar-refractivity contribution is -0.114. The van der Waals surface area contributed by atoms with Gasteiger partial charge in [-0.3, -0.25) is 14.9 Å². The van der Waals surface area contributed by atoms with Crippen LogP contribution < -0.4 is 14.9 Å². The molecule has 1 saturated heterocycles. The predicted molar refractivity (Wildman–Crippen MR) is 139 cm³/mol. The summed E-state index contributed by atoms with van der Waals surface area (Å²) in [6, 6.07) is 33.1. The fraction of sp³-hybridized carbons (Fsp3) is 0.0357. The number of amides is 1. The molecule has 1 amide bonds. The standard InChI is InChI=1S/C28H21N2O4S/c31-27-26(18-20-9-7-16-25(17-20)34-24-14-5-2-6-15-24)35-28(21-10-3-1-4-11-21)29(27)22-12-8-13-23(19-22)30(32)33/h1-19,28,32H/q-1/b26-18-. The monoisotopic (exact) mass is 481 g/mol. The molecule has 0 radical (unpaired) electrons. The van der Waals surface area contributed by atoms with Crippen LogP contribution in [0, 0.1) is 5.21 Å². The predicted octanol–water partition coefficient (Wildman–Crippen LogP) is 6.99. The van der Waals surface area contributed by atoms with Crippen molar-refractivity contribution in [2.45, 2.75) is 5.37 Å².